The molecule has 2 aliphatic rings. The summed E-state index contributed by atoms with van der Waals surface area (Å²) in [5.41, 5.74) is 1.79. The Kier molecular flexibility index (Phi) is 4.39. The number of fused-ring (bicyclic) bond motifs is 2. The van der Waals surface area contributed by atoms with E-state index in [0.717, 1.165) is 17.0 Å². The molecule has 2 saturated carbocycles. The molecule has 1 aromatic carbocycles. The standard InChI is InChI=1S/C19H30ClFSi2/c1-22(2,3)16-11-14(20)10-15(21)18(16)17-12-7-8-13(9-12)19(17)23(4,5)6/h10-13,17,19H,7-9H2,1-6H3/t12-,13+,17-,19-/m0/s1. The summed E-state index contributed by atoms with van der Waals surface area (Å²) >= 11 is 6.23. The van der Waals surface area contributed by atoms with E-state index in [0.29, 0.717) is 16.9 Å². The van der Waals surface area contributed by atoms with Gasteiger partial charge in [-0.2, -0.15) is 0 Å². The van der Waals surface area contributed by atoms with Crippen LogP contribution in [0.4, 0.5) is 4.39 Å². The fourth-order valence-electron chi connectivity index (χ4n) is 5.50. The fourth-order valence-corrected chi connectivity index (χ4v) is 10.7. The molecule has 3 rings (SSSR count). The van der Waals surface area contributed by atoms with E-state index in [1.54, 1.807) is 6.07 Å². The van der Waals surface area contributed by atoms with Gasteiger partial charge in [0.2, 0.25) is 0 Å². The molecule has 0 aliphatic heterocycles. The molecular weight excluding hydrogens is 339 g/mol. The van der Waals surface area contributed by atoms with Crippen molar-refractivity contribution < 1.29 is 4.39 Å². The van der Waals surface area contributed by atoms with Crippen molar-refractivity contribution in [2.45, 2.75) is 70.0 Å². The molecule has 128 valence electrons. The lowest BCUT2D eigenvalue weighted by Gasteiger charge is -2.41. The van der Waals surface area contributed by atoms with Gasteiger partial charge in [0.1, 0.15) is 5.82 Å². The molecule has 0 nitrogen and oxygen atoms in total. The van der Waals surface area contributed by atoms with Crippen molar-refractivity contribution in [3.8, 4) is 0 Å². The summed E-state index contributed by atoms with van der Waals surface area (Å²) in [6.45, 7) is 14.4. The highest BCUT2D eigenvalue weighted by molar-refractivity contribution is 6.89. The Hall–Kier alpha value is -0.126. The predicted octanol–water partition coefficient (Wildman–Crippen LogP) is 6.25. The highest BCUT2D eigenvalue weighted by Gasteiger charge is 2.54. The second-order valence-corrected chi connectivity index (χ2v) is 20.7. The first-order valence-corrected chi connectivity index (χ1v) is 16.4. The Morgan fingerprint density at radius 3 is 2.17 bits per heavy atom. The van der Waals surface area contributed by atoms with Gasteiger partial charge >= 0.3 is 0 Å². The van der Waals surface area contributed by atoms with Crippen molar-refractivity contribution in [3.63, 3.8) is 0 Å². The minimum atomic E-state index is -1.63. The van der Waals surface area contributed by atoms with Gasteiger partial charge in [0.05, 0.1) is 8.07 Å². The van der Waals surface area contributed by atoms with Crippen molar-refractivity contribution in [1.29, 1.82) is 0 Å². The summed E-state index contributed by atoms with van der Waals surface area (Å²) in [6, 6.07) is 3.65. The minimum absolute atomic E-state index is 0.0317. The first kappa shape index (κ1) is 17.7. The van der Waals surface area contributed by atoms with E-state index in [9.17, 15) is 0 Å². The van der Waals surface area contributed by atoms with Crippen LogP contribution in [0, 0.1) is 17.7 Å². The van der Waals surface area contributed by atoms with Crippen LogP contribution in [-0.2, 0) is 0 Å². The summed E-state index contributed by atoms with van der Waals surface area (Å²) < 4.78 is 15.1. The molecule has 4 heteroatoms. The highest BCUT2D eigenvalue weighted by Crippen LogP contribution is 2.63. The molecule has 2 aliphatic carbocycles. The summed E-state index contributed by atoms with van der Waals surface area (Å²) in [7, 11) is -2.96. The lowest BCUT2D eigenvalue weighted by Crippen LogP contribution is -2.45. The average Bonchev–Trinajstić information content (AvgIpc) is 2.95. The molecular formula is C19H30ClFSi2. The quantitative estimate of drug-likeness (QED) is 0.553. The van der Waals surface area contributed by atoms with Gasteiger partial charge in [0, 0.05) is 13.1 Å². The second kappa shape index (κ2) is 5.70. The lowest BCUT2D eigenvalue weighted by molar-refractivity contribution is 0.401. The van der Waals surface area contributed by atoms with Crippen LogP contribution in [0.3, 0.4) is 0 Å². The summed E-state index contributed by atoms with van der Waals surface area (Å²) in [6.07, 6.45) is 3.99. The van der Waals surface area contributed by atoms with Crippen LogP contribution >= 0.6 is 11.6 Å². The maximum atomic E-state index is 15.1. The smallest absolute Gasteiger partial charge is 0.128 e. The van der Waals surface area contributed by atoms with Crippen molar-refractivity contribution in [3.05, 3.63) is 28.5 Å². The Morgan fingerprint density at radius 2 is 1.61 bits per heavy atom. The van der Waals surface area contributed by atoms with Gasteiger partial charge in [-0.15, -0.1) is 0 Å². The first-order chi connectivity index (χ1) is 10.5. The largest absolute Gasteiger partial charge is 0.207 e. The maximum Gasteiger partial charge on any atom is 0.128 e. The molecule has 0 saturated heterocycles. The van der Waals surface area contributed by atoms with Crippen LogP contribution in [0.15, 0.2) is 12.1 Å². The number of hydrogen-bond acceptors (Lipinski definition) is 0. The van der Waals surface area contributed by atoms with E-state index < -0.39 is 16.1 Å². The molecule has 0 unspecified atom stereocenters. The van der Waals surface area contributed by atoms with E-state index >= 15 is 4.39 Å². The van der Waals surface area contributed by atoms with E-state index in [-0.39, 0.29) is 5.82 Å². The van der Waals surface area contributed by atoms with Crippen molar-refractivity contribution in [2.75, 3.05) is 0 Å². The third-order valence-corrected chi connectivity index (χ3v) is 11.2. The summed E-state index contributed by atoms with van der Waals surface area (Å²) in [5.74, 6) is 1.94. The molecule has 2 bridgehead atoms. The third kappa shape index (κ3) is 3.09. The molecule has 0 heterocycles. The van der Waals surface area contributed by atoms with Gasteiger partial charge < -0.3 is 0 Å². The molecule has 1 aromatic rings. The topological polar surface area (TPSA) is 0 Å². The number of halogens is 2. The lowest BCUT2D eigenvalue weighted by atomic mass is 9.82. The molecule has 23 heavy (non-hydrogen) atoms. The highest BCUT2D eigenvalue weighted by atomic mass is 35.5. The molecule has 0 amide bonds. The second-order valence-electron chi connectivity index (χ2n) is 9.85. The predicted molar refractivity (Wildman–Crippen MR) is 105 cm³/mol. The van der Waals surface area contributed by atoms with Crippen LogP contribution < -0.4 is 5.19 Å². The Balaban J connectivity index is 2.18. The molecule has 0 radical (unpaired) electrons. The zero-order chi connectivity index (χ0) is 17.2. The average molecular weight is 369 g/mol. The van der Waals surface area contributed by atoms with E-state index in [4.69, 9.17) is 11.6 Å². The Morgan fingerprint density at radius 1 is 1.00 bits per heavy atom. The van der Waals surface area contributed by atoms with Gasteiger partial charge in [-0.1, -0.05) is 62.5 Å². The Labute approximate surface area is 147 Å². The van der Waals surface area contributed by atoms with Gasteiger partial charge in [0.25, 0.3) is 0 Å². The van der Waals surface area contributed by atoms with E-state index in [1.807, 2.05) is 0 Å². The number of hydrogen-bond donors (Lipinski definition) is 0. The van der Waals surface area contributed by atoms with Crippen molar-refractivity contribution in [1.82, 2.24) is 0 Å². The van der Waals surface area contributed by atoms with Crippen LogP contribution in [0.2, 0.25) is 49.8 Å². The van der Waals surface area contributed by atoms with Gasteiger partial charge in [0.15, 0.2) is 0 Å². The first-order valence-electron chi connectivity index (χ1n) is 8.99. The van der Waals surface area contributed by atoms with Crippen LogP contribution in [0.1, 0.15) is 30.7 Å². The monoisotopic (exact) mass is 368 g/mol. The van der Waals surface area contributed by atoms with Gasteiger partial charge in [-0.05, 0) is 53.8 Å². The zero-order valence-corrected chi connectivity index (χ0v) is 18.1. The summed E-state index contributed by atoms with van der Waals surface area (Å²) in [4.78, 5) is 0. The SMILES string of the molecule is C[Si](C)(C)c1cc(Cl)cc(F)c1[C@@H]1[C@H]2CC[C@H](C2)[C@@H]1[Si](C)(C)C. The van der Waals surface area contributed by atoms with Crippen molar-refractivity contribution >= 4 is 32.9 Å². The fraction of sp³-hybridized carbons (Fsp3) is 0.684. The van der Waals surface area contributed by atoms with Gasteiger partial charge in [-0.25, -0.2) is 4.39 Å². The zero-order valence-electron chi connectivity index (χ0n) is 15.3. The molecule has 0 aromatic heterocycles. The molecule has 0 N–H and O–H groups in total. The van der Waals surface area contributed by atoms with E-state index in [2.05, 4.69) is 45.3 Å². The third-order valence-electron chi connectivity index (χ3n) is 6.15. The molecule has 2 fully saturated rings. The maximum absolute atomic E-state index is 15.1. The van der Waals surface area contributed by atoms with Crippen molar-refractivity contribution in [2.24, 2.45) is 11.8 Å². The number of benzene rings is 1. The minimum Gasteiger partial charge on any atom is -0.207 e. The molecule has 0 spiro atoms. The number of rotatable bonds is 3. The summed E-state index contributed by atoms with van der Waals surface area (Å²) in [5, 5.41) is 1.83. The Bertz CT molecular complexity index is 615. The van der Waals surface area contributed by atoms with Crippen LogP contribution in [-0.4, -0.2) is 16.1 Å². The molecule has 4 atom stereocenters. The van der Waals surface area contributed by atoms with Crippen LogP contribution in [0.5, 0.6) is 0 Å². The van der Waals surface area contributed by atoms with Crippen LogP contribution in [0.25, 0.3) is 0 Å². The normalized spacial score (nSPS) is 31.0. The van der Waals surface area contributed by atoms with E-state index in [1.165, 1.54) is 24.4 Å². The van der Waals surface area contributed by atoms with Gasteiger partial charge in [-0.3, -0.25) is 0 Å².